The van der Waals surface area contributed by atoms with Crippen LogP contribution in [0, 0.1) is 28.6 Å². The van der Waals surface area contributed by atoms with Gasteiger partial charge in [-0.25, -0.2) is 0 Å². The first kappa shape index (κ1) is 15.9. The van der Waals surface area contributed by atoms with Crippen LogP contribution in [0.25, 0.3) is 0 Å². The van der Waals surface area contributed by atoms with Gasteiger partial charge in [0, 0.05) is 17.8 Å². The summed E-state index contributed by atoms with van der Waals surface area (Å²) in [5, 5.41) is 0. The molecular formula is C19H30O4. The van der Waals surface area contributed by atoms with Crippen molar-refractivity contribution < 1.29 is 19.0 Å². The van der Waals surface area contributed by atoms with E-state index in [0.717, 1.165) is 32.5 Å². The van der Waals surface area contributed by atoms with Gasteiger partial charge in [0.2, 0.25) is 0 Å². The molecule has 23 heavy (non-hydrogen) atoms. The summed E-state index contributed by atoms with van der Waals surface area (Å²) in [6.45, 7) is 10.4. The van der Waals surface area contributed by atoms with Crippen molar-refractivity contribution >= 4 is 5.97 Å². The number of hydrogen-bond acceptors (Lipinski definition) is 4. The molecule has 0 unspecified atom stereocenters. The maximum absolute atomic E-state index is 12.0. The van der Waals surface area contributed by atoms with Crippen molar-refractivity contribution in [1.29, 1.82) is 0 Å². The summed E-state index contributed by atoms with van der Waals surface area (Å²) in [7, 11) is 0. The molecule has 1 spiro atoms. The normalized spacial score (nSPS) is 47.7. The van der Waals surface area contributed by atoms with Gasteiger partial charge in [0.1, 0.15) is 6.10 Å². The van der Waals surface area contributed by atoms with Crippen LogP contribution in [0.4, 0.5) is 0 Å². The van der Waals surface area contributed by atoms with E-state index in [1.165, 1.54) is 6.42 Å². The van der Waals surface area contributed by atoms with E-state index in [1.807, 2.05) is 0 Å². The lowest BCUT2D eigenvalue weighted by atomic mass is 9.66. The van der Waals surface area contributed by atoms with Gasteiger partial charge in [-0.15, -0.1) is 0 Å². The molecule has 0 bridgehead atoms. The minimum Gasteiger partial charge on any atom is -0.461 e. The summed E-state index contributed by atoms with van der Waals surface area (Å²) in [5.41, 5.74) is -0.169. The molecule has 0 radical (unpaired) electrons. The Morgan fingerprint density at radius 3 is 2.43 bits per heavy atom. The van der Waals surface area contributed by atoms with Gasteiger partial charge in [-0.1, -0.05) is 34.1 Å². The molecule has 4 fully saturated rings. The monoisotopic (exact) mass is 322 g/mol. The number of carbonyl (C=O) groups is 1. The number of esters is 1. The number of ether oxygens (including phenoxy) is 3. The number of carbonyl (C=O) groups excluding carboxylic acids is 1. The van der Waals surface area contributed by atoms with Gasteiger partial charge in [0.15, 0.2) is 5.79 Å². The van der Waals surface area contributed by atoms with E-state index >= 15 is 0 Å². The highest BCUT2D eigenvalue weighted by Crippen LogP contribution is 2.64. The molecule has 4 rings (SSSR count). The second-order valence-electron chi connectivity index (χ2n) is 9.35. The summed E-state index contributed by atoms with van der Waals surface area (Å²) >= 11 is 0. The molecular weight excluding hydrogens is 292 g/mol. The van der Waals surface area contributed by atoms with Crippen LogP contribution >= 0.6 is 0 Å². The van der Waals surface area contributed by atoms with Crippen molar-refractivity contribution in [2.45, 2.75) is 71.7 Å². The van der Waals surface area contributed by atoms with Crippen LogP contribution < -0.4 is 0 Å². The van der Waals surface area contributed by atoms with Crippen molar-refractivity contribution in [3.05, 3.63) is 0 Å². The lowest BCUT2D eigenvalue weighted by Crippen LogP contribution is -2.61. The lowest BCUT2D eigenvalue weighted by Gasteiger charge is -2.53. The van der Waals surface area contributed by atoms with Crippen molar-refractivity contribution in [3.63, 3.8) is 0 Å². The van der Waals surface area contributed by atoms with Crippen molar-refractivity contribution in [2.75, 3.05) is 13.2 Å². The van der Waals surface area contributed by atoms with Crippen LogP contribution in [0.3, 0.4) is 0 Å². The topological polar surface area (TPSA) is 44.8 Å². The van der Waals surface area contributed by atoms with E-state index in [9.17, 15) is 4.79 Å². The Morgan fingerprint density at radius 2 is 1.74 bits per heavy atom. The summed E-state index contributed by atoms with van der Waals surface area (Å²) in [4.78, 5) is 12.0. The fourth-order valence-corrected chi connectivity index (χ4v) is 5.81. The zero-order valence-corrected chi connectivity index (χ0v) is 14.9. The van der Waals surface area contributed by atoms with E-state index in [1.54, 1.807) is 0 Å². The molecule has 2 saturated carbocycles. The minimum atomic E-state index is -0.570. The van der Waals surface area contributed by atoms with Crippen LogP contribution in [0.1, 0.15) is 59.8 Å². The third-order valence-corrected chi connectivity index (χ3v) is 7.15. The quantitative estimate of drug-likeness (QED) is 0.640. The summed E-state index contributed by atoms with van der Waals surface area (Å²) in [6, 6.07) is 0. The Bertz CT molecular complexity index is 503. The zero-order valence-electron chi connectivity index (χ0n) is 14.9. The Labute approximate surface area is 139 Å². The third kappa shape index (κ3) is 2.13. The fraction of sp³-hybridized carbons (Fsp3) is 0.947. The summed E-state index contributed by atoms with van der Waals surface area (Å²) < 4.78 is 18.8. The predicted octanol–water partition coefficient (Wildman–Crippen LogP) is 3.53. The maximum atomic E-state index is 12.0. The van der Waals surface area contributed by atoms with Gasteiger partial charge < -0.3 is 14.2 Å². The Balaban J connectivity index is 1.74. The molecule has 2 heterocycles. The van der Waals surface area contributed by atoms with Crippen LogP contribution in [-0.4, -0.2) is 31.1 Å². The van der Waals surface area contributed by atoms with Gasteiger partial charge in [0.25, 0.3) is 0 Å². The van der Waals surface area contributed by atoms with Gasteiger partial charge in [0.05, 0.1) is 25.0 Å². The second kappa shape index (κ2) is 4.95. The molecule has 0 N–H and O–H groups in total. The fourth-order valence-electron chi connectivity index (χ4n) is 5.81. The van der Waals surface area contributed by atoms with E-state index < -0.39 is 5.79 Å². The molecule has 4 aliphatic rings. The van der Waals surface area contributed by atoms with E-state index in [-0.39, 0.29) is 22.9 Å². The number of hydrogen-bond donors (Lipinski definition) is 0. The van der Waals surface area contributed by atoms with Gasteiger partial charge in [-0.05, 0) is 24.7 Å². The number of rotatable bonds is 0. The van der Waals surface area contributed by atoms with E-state index in [0.29, 0.717) is 24.2 Å². The molecule has 0 amide bonds. The Morgan fingerprint density at radius 1 is 1.04 bits per heavy atom. The van der Waals surface area contributed by atoms with Crippen molar-refractivity contribution in [1.82, 2.24) is 0 Å². The largest absolute Gasteiger partial charge is 0.461 e. The SMILES string of the molecule is C[C@H]1CC[C@H]2CC(=O)O[C@H]2[C@@]2(C)[C@H]1CCC21OCC(C)(C)CO1. The third-order valence-electron chi connectivity index (χ3n) is 7.15. The Kier molecular flexibility index (Phi) is 3.42. The van der Waals surface area contributed by atoms with Crippen molar-refractivity contribution in [3.8, 4) is 0 Å². The highest BCUT2D eigenvalue weighted by atomic mass is 16.7. The molecule has 2 aliphatic heterocycles. The molecule has 130 valence electrons. The van der Waals surface area contributed by atoms with Crippen LogP contribution in [0.5, 0.6) is 0 Å². The molecule has 0 aromatic rings. The average Bonchev–Trinajstić information content (AvgIpc) is 2.97. The molecule has 2 saturated heterocycles. The first-order valence-electron chi connectivity index (χ1n) is 9.25. The van der Waals surface area contributed by atoms with Crippen molar-refractivity contribution in [2.24, 2.45) is 28.6 Å². The molecule has 0 aromatic carbocycles. The maximum Gasteiger partial charge on any atom is 0.306 e. The molecule has 4 nitrogen and oxygen atoms in total. The standard InChI is InChI=1S/C19H30O4/c1-12-5-6-13-9-15(20)23-16(13)18(4)14(12)7-8-19(18)21-10-17(2,3)11-22-19/h12-14,16H,5-11H2,1-4H3/t12-,13-,14-,16+,18+/m0/s1. The van der Waals surface area contributed by atoms with Crippen LogP contribution in [-0.2, 0) is 19.0 Å². The second-order valence-corrected chi connectivity index (χ2v) is 9.35. The molecule has 0 aromatic heterocycles. The van der Waals surface area contributed by atoms with Crippen LogP contribution in [0.2, 0.25) is 0 Å². The van der Waals surface area contributed by atoms with Gasteiger partial charge in [-0.2, -0.15) is 0 Å². The highest BCUT2D eigenvalue weighted by Gasteiger charge is 2.69. The molecule has 5 atom stereocenters. The molecule has 4 heteroatoms. The Hall–Kier alpha value is -0.610. The van der Waals surface area contributed by atoms with E-state index in [2.05, 4.69) is 27.7 Å². The van der Waals surface area contributed by atoms with Gasteiger partial charge in [-0.3, -0.25) is 4.79 Å². The smallest absolute Gasteiger partial charge is 0.306 e. The minimum absolute atomic E-state index is 0.0345. The average molecular weight is 322 g/mol. The lowest BCUT2D eigenvalue weighted by molar-refractivity contribution is -0.354. The number of fused-ring (bicyclic) bond motifs is 4. The first-order chi connectivity index (χ1) is 10.8. The molecule has 2 aliphatic carbocycles. The first-order valence-corrected chi connectivity index (χ1v) is 9.25. The summed E-state index contributed by atoms with van der Waals surface area (Å²) in [5.74, 6) is 0.861. The highest BCUT2D eigenvalue weighted by molar-refractivity contribution is 5.72. The van der Waals surface area contributed by atoms with Crippen LogP contribution in [0.15, 0.2) is 0 Å². The predicted molar refractivity (Wildman–Crippen MR) is 85.6 cm³/mol. The summed E-state index contributed by atoms with van der Waals surface area (Å²) in [6.07, 6.45) is 4.83. The van der Waals surface area contributed by atoms with Gasteiger partial charge >= 0.3 is 5.97 Å². The zero-order chi connectivity index (χ0) is 16.5. The van der Waals surface area contributed by atoms with E-state index in [4.69, 9.17) is 14.2 Å².